The van der Waals surface area contributed by atoms with Crippen LogP contribution in [-0.4, -0.2) is 26.9 Å². The van der Waals surface area contributed by atoms with Crippen molar-refractivity contribution in [2.75, 3.05) is 0 Å². The SMILES string of the molecule is O=C(O)c1cc([N+](=O)[O-])cnc1C1=CCC(F)(F)CC1. The van der Waals surface area contributed by atoms with Gasteiger partial charge in [-0.2, -0.15) is 0 Å². The Bertz CT molecular complexity index is 613. The Morgan fingerprint density at radius 2 is 2.20 bits per heavy atom. The van der Waals surface area contributed by atoms with Gasteiger partial charge in [0, 0.05) is 18.9 Å². The first-order chi connectivity index (χ1) is 9.30. The molecule has 0 aliphatic heterocycles. The van der Waals surface area contributed by atoms with E-state index in [9.17, 15) is 23.7 Å². The van der Waals surface area contributed by atoms with Crippen LogP contribution in [0.1, 0.15) is 35.3 Å². The van der Waals surface area contributed by atoms with Gasteiger partial charge < -0.3 is 5.11 Å². The first kappa shape index (κ1) is 14.0. The molecule has 1 aliphatic rings. The quantitative estimate of drug-likeness (QED) is 0.680. The van der Waals surface area contributed by atoms with Gasteiger partial charge in [0.15, 0.2) is 0 Å². The fourth-order valence-electron chi connectivity index (χ4n) is 1.98. The van der Waals surface area contributed by atoms with Crippen LogP contribution in [-0.2, 0) is 0 Å². The number of nitrogens with zero attached hydrogens (tertiary/aromatic N) is 2. The molecule has 0 aromatic carbocycles. The monoisotopic (exact) mass is 284 g/mol. The van der Waals surface area contributed by atoms with Crippen LogP contribution in [0.5, 0.6) is 0 Å². The van der Waals surface area contributed by atoms with Gasteiger partial charge in [0.25, 0.3) is 11.6 Å². The lowest BCUT2D eigenvalue weighted by Gasteiger charge is -2.21. The number of hydrogen-bond donors (Lipinski definition) is 1. The minimum atomic E-state index is -2.80. The number of halogens is 2. The number of carbonyl (C=O) groups is 1. The molecule has 20 heavy (non-hydrogen) atoms. The molecule has 106 valence electrons. The van der Waals surface area contributed by atoms with E-state index in [1.54, 1.807) is 0 Å². The van der Waals surface area contributed by atoms with E-state index in [4.69, 9.17) is 5.11 Å². The van der Waals surface area contributed by atoms with Crippen LogP contribution in [0.4, 0.5) is 14.5 Å². The molecule has 1 aromatic heterocycles. The Kier molecular flexibility index (Phi) is 3.47. The number of carboxylic acid groups (broad SMARTS) is 1. The van der Waals surface area contributed by atoms with E-state index in [0.717, 1.165) is 12.3 Å². The largest absolute Gasteiger partial charge is 0.478 e. The zero-order valence-electron chi connectivity index (χ0n) is 10.2. The van der Waals surface area contributed by atoms with E-state index in [0.29, 0.717) is 5.57 Å². The molecule has 1 aromatic rings. The second-order valence-electron chi connectivity index (χ2n) is 4.44. The third-order valence-electron chi connectivity index (χ3n) is 3.03. The van der Waals surface area contributed by atoms with Crippen LogP contribution in [0.3, 0.4) is 0 Å². The lowest BCUT2D eigenvalue weighted by molar-refractivity contribution is -0.385. The first-order valence-electron chi connectivity index (χ1n) is 5.75. The van der Waals surface area contributed by atoms with Crippen molar-refractivity contribution in [3.8, 4) is 0 Å². The number of aromatic carboxylic acids is 1. The average molecular weight is 284 g/mol. The molecule has 0 bridgehead atoms. The van der Waals surface area contributed by atoms with E-state index in [1.165, 1.54) is 6.08 Å². The van der Waals surface area contributed by atoms with Crippen molar-refractivity contribution >= 4 is 17.2 Å². The Morgan fingerprint density at radius 3 is 2.70 bits per heavy atom. The minimum Gasteiger partial charge on any atom is -0.478 e. The zero-order valence-corrected chi connectivity index (χ0v) is 10.2. The van der Waals surface area contributed by atoms with Gasteiger partial charge in [-0.3, -0.25) is 10.1 Å². The summed E-state index contributed by atoms with van der Waals surface area (Å²) in [5, 5.41) is 19.7. The van der Waals surface area contributed by atoms with Gasteiger partial charge in [-0.25, -0.2) is 18.6 Å². The van der Waals surface area contributed by atoms with Crippen molar-refractivity contribution in [3.05, 3.63) is 39.7 Å². The summed E-state index contributed by atoms with van der Waals surface area (Å²) in [6.45, 7) is 0. The normalized spacial score (nSPS) is 17.4. The Balaban J connectivity index is 2.44. The standard InChI is InChI=1S/C12H10F2N2O4/c13-12(14)3-1-7(2-4-12)10-9(11(17)18)5-8(6-15-10)16(19)20/h1,5-6H,2-4H2,(H,17,18). The predicted molar refractivity (Wildman–Crippen MR) is 64.6 cm³/mol. The van der Waals surface area contributed by atoms with E-state index in [1.807, 2.05) is 0 Å². The van der Waals surface area contributed by atoms with Gasteiger partial charge in [0.2, 0.25) is 0 Å². The summed E-state index contributed by atoms with van der Waals surface area (Å²) in [7, 11) is 0. The summed E-state index contributed by atoms with van der Waals surface area (Å²) in [4.78, 5) is 24.7. The number of aromatic nitrogens is 1. The lowest BCUT2D eigenvalue weighted by atomic mass is 9.92. The molecule has 0 fully saturated rings. The van der Waals surface area contributed by atoms with E-state index in [-0.39, 0.29) is 17.7 Å². The number of nitro groups is 1. The molecule has 0 saturated carbocycles. The van der Waals surface area contributed by atoms with Crippen molar-refractivity contribution in [1.82, 2.24) is 4.98 Å². The lowest BCUT2D eigenvalue weighted by Crippen LogP contribution is -2.19. The van der Waals surface area contributed by atoms with Crippen LogP contribution in [0, 0.1) is 10.1 Å². The van der Waals surface area contributed by atoms with Crippen molar-refractivity contribution in [2.24, 2.45) is 0 Å². The number of rotatable bonds is 3. The number of pyridine rings is 1. The molecular weight excluding hydrogens is 274 g/mol. The molecule has 0 saturated heterocycles. The third-order valence-corrected chi connectivity index (χ3v) is 3.03. The highest BCUT2D eigenvalue weighted by Gasteiger charge is 2.32. The summed E-state index contributed by atoms with van der Waals surface area (Å²) < 4.78 is 26.1. The third kappa shape index (κ3) is 2.79. The molecule has 0 amide bonds. The minimum absolute atomic E-state index is 0.0126. The molecule has 6 nitrogen and oxygen atoms in total. The van der Waals surface area contributed by atoms with Gasteiger partial charge in [0.1, 0.15) is 6.20 Å². The molecule has 1 heterocycles. The average Bonchev–Trinajstić information content (AvgIpc) is 2.38. The molecule has 0 spiro atoms. The first-order valence-corrected chi connectivity index (χ1v) is 5.75. The fourth-order valence-corrected chi connectivity index (χ4v) is 1.98. The molecule has 0 unspecified atom stereocenters. The molecule has 1 N–H and O–H groups in total. The summed E-state index contributed by atoms with van der Waals surface area (Å²) in [5.74, 6) is -4.18. The van der Waals surface area contributed by atoms with E-state index < -0.39 is 35.3 Å². The summed E-state index contributed by atoms with van der Waals surface area (Å²) in [5.41, 5.74) is -0.412. The van der Waals surface area contributed by atoms with Crippen LogP contribution in [0.25, 0.3) is 5.57 Å². The van der Waals surface area contributed by atoms with Crippen LogP contribution in [0.15, 0.2) is 18.3 Å². The van der Waals surface area contributed by atoms with Gasteiger partial charge in [-0.1, -0.05) is 6.08 Å². The topological polar surface area (TPSA) is 93.3 Å². The highest BCUT2D eigenvalue weighted by atomic mass is 19.3. The van der Waals surface area contributed by atoms with Crippen molar-refractivity contribution in [3.63, 3.8) is 0 Å². The second-order valence-corrected chi connectivity index (χ2v) is 4.44. The van der Waals surface area contributed by atoms with Crippen LogP contribution < -0.4 is 0 Å². The van der Waals surface area contributed by atoms with Crippen molar-refractivity contribution in [1.29, 1.82) is 0 Å². The number of alkyl halides is 2. The molecule has 2 rings (SSSR count). The molecule has 0 atom stereocenters. The fraction of sp³-hybridized carbons (Fsp3) is 0.333. The molecule has 0 radical (unpaired) electrons. The Morgan fingerprint density at radius 1 is 1.50 bits per heavy atom. The smallest absolute Gasteiger partial charge is 0.338 e. The zero-order chi connectivity index (χ0) is 14.9. The summed E-state index contributed by atoms with van der Waals surface area (Å²) in [6, 6.07) is 0.887. The second kappa shape index (κ2) is 4.95. The maximum Gasteiger partial charge on any atom is 0.338 e. The molecular formula is C12H10F2N2O4. The van der Waals surface area contributed by atoms with E-state index >= 15 is 0 Å². The molecule has 1 aliphatic carbocycles. The number of allylic oxidation sites excluding steroid dienone is 2. The van der Waals surface area contributed by atoms with Crippen LogP contribution >= 0.6 is 0 Å². The Hall–Kier alpha value is -2.38. The van der Waals surface area contributed by atoms with Gasteiger partial charge in [-0.05, 0) is 12.0 Å². The number of carboxylic acids is 1. The predicted octanol–water partition coefficient (Wildman–Crippen LogP) is 2.89. The number of hydrogen-bond acceptors (Lipinski definition) is 4. The highest BCUT2D eigenvalue weighted by Crippen LogP contribution is 2.36. The van der Waals surface area contributed by atoms with Crippen molar-refractivity contribution < 1.29 is 23.6 Å². The Labute approximate surface area is 111 Å². The van der Waals surface area contributed by atoms with Gasteiger partial charge in [0.05, 0.1) is 16.2 Å². The van der Waals surface area contributed by atoms with Gasteiger partial charge in [-0.15, -0.1) is 0 Å². The molecule has 8 heteroatoms. The van der Waals surface area contributed by atoms with Gasteiger partial charge >= 0.3 is 5.97 Å². The maximum atomic E-state index is 13.1. The van der Waals surface area contributed by atoms with E-state index in [2.05, 4.69) is 4.98 Å². The summed E-state index contributed by atoms with van der Waals surface area (Å²) >= 11 is 0. The highest BCUT2D eigenvalue weighted by molar-refractivity contribution is 5.93. The van der Waals surface area contributed by atoms with Crippen molar-refractivity contribution in [2.45, 2.75) is 25.2 Å². The summed E-state index contributed by atoms with van der Waals surface area (Å²) in [6.07, 6.45) is 1.27. The van der Waals surface area contributed by atoms with Crippen LogP contribution in [0.2, 0.25) is 0 Å². The maximum absolute atomic E-state index is 13.1.